The molecule has 2 aliphatic rings. The van der Waals surface area contributed by atoms with Crippen LogP contribution in [0.2, 0.25) is 0 Å². The first-order valence-corrected chi connectivity index (χ1v) is 8.63. The molecule has 0 bridgehead atoms. The quantitative estimate of drug-likeness (QED) is 0.339. The summed E-state index contributed by atoms with van der Waals surface area (Å²) in [5, 5.41) is 9.80. The third-order valence-corrected chi connectivity index (χ3v) is 4.85. The molecule has 0 saturated heterocycles. The number of aliphatic hydroxyl groups is 1. The molecule has 1 N–H and O–H groups in total. The summed E-state index contributed by atoms with van der Waals surface area (Å²) in [6.45, 7) is 5.72. The first kappa shape index (κ1) is 20.0. The van der Waals surface area contributed by atoms with E-state index in [0.717, 1.165) is 24.8 Å². The van der Waals surface area contributed by atoms with Gasteiger partial charge in [0.15, 0.2) is 0 Å². The topological polar surface area (TPSA) is 82.1 Å². The molecule has 0 fully saturated rings. The van der Waals surface area contributed by atoms with Crippen LogP contribution >= 0.6 is 0 Å². The van der Waals surface area contributed by atoms with Crippen molar-refractivity contribution in [1.82, 2.24) is 0 Å². The number of esters is 2. The lowest BCUT2D eigenvalue weighted by Crippen LogP contribution is -2.27. The van der Waals surface area contributed by atoms with Crippen LogP contribution in [0.25, 0.3) is 0 Å². The Kier molecular flexibility index (Phi) is 6.42. The van der Waals surface area contributed by atoms with Gasteiger partial charge < -0.3 is 19.3 Å². The van der Waals surface area contributed by atoms with Crippen molar-refractivity contribution in [1.29, 1.82) is 0 Å². The maximum absolute atomic E-state index is 12.0. The number of carbonyl (C=O) groups excluding carboxylic acids is 2. The number of hydrogen-bond donors (Lipinski definition) is 1. The van der Waals surface area contributed by atoms with Crippen LogP contribution < -0.4 is 0 Å². The molecule has 0 aromatic carbocycles. The van der Waals surface area contributed by atoms with Crippen LogP contribution in [0.5, 0.6) is 0 Å². The van der Waals surface area contributed by atoms with E-state index in [0.29, 0.717) is 5.57 Å². The highest BCUT2D eigenvalue weighted by Crippen LogP contribution is 2.41. The fourth-order valence-corrected chi connectivity index (χ4v) is 3.19. The van der Waals surface area contributed by atoms with Crippen molar-refractivity contribution in [3.05, 3.63) is 46.8 Å². The van der Waals surface area contributed by atoms with Gasteiger partial charge >= 0.3 is 11.9 Å². The Balaban J connectivity index is 2.22. The third-order valence-electron chi connectivity index (χ3n) is 4.85. The summed E-state index contributed by atoms with van der Waals surface area (Å²) in [7, 11) is 1.28. The lowest BCUT2D eigenvalue weighted by Gasteiger charge is -2.34. The van der Waals surface area contributed by atoms with Crippen LogP contribution in [-0.2, 0) is 23.8 Å². The fourth-order valence-electron chi connectivity index (χ4n) is 3.19. The monoisotopic (exact) mass is 362 g/mol. The summed E-state index contributed by atoms with van der Waals surface area (Å²) in [5.74, 6) is -1.01. The predicted octanol–water partition coefficient (Wildman–Crippen LogP) is 2.94. The van der Waals surface area contributed by atoms with E-state index < -0.39 is 18.2 Å². The minimum Gasteiger partial charge on any atom is -0.465 e. The summed E-state index contributed by atoms with van der Waals surface area (Å²) < 4.78 is 15.1. The van der Waals surface area contributed by atoms with Gasteiger partial charge in [0.1, 0.15) is 6.26 Å². The Morgan fingerprint density at radius 1 is 1.46 bits per heavy atom. The second kappa shape index (κ2) is 8.36. The van der Waals surface area contributed by atoms with Crippen LogP contribution in [0, 0.1) is 5.41 Å². The van der Waals surface area contributed by atoms with Gasteiger partial charge in [-0.2, -0.15) is 0 Å². The van der Waals surface area contributed by atoms with E-state index in [1.807, 2.05) is 19.9 Å². The summed E-state index contributed by atoms with van der Waals surface area (Å²) >= 11 is 0. The number of aliphatic hydroxyl groups excluding tert-OH is 1. The van der Waals surface area contributed by atoms with Crippen molar-refractivity contribution in [3.8, 4) is 0 Å². The van der Waals surface area contributed by atoms with Gasteiger partial charge in [0, 0.05) is 17.1 Å². The Labute approximate surface area is 153 Å². The highest BCUT2D eigenvalue weighted by Gasteiger charge is 2.31. The molecule has 1 aliphatic carbocycles. The van der Waals surface area contributed by atoms with Gasteiger partial charge in [-0.15, -0.1) is 0 Å². The highest BCUT2D eigenvalue weighted by molar-refractivity contribution is 5.91. The van der Waals surface area contributed by atoms with Crippen LogP contribution in [-0.4, -0.2) is 37.1 Å². The number of ether oxygens (including phenoxy) is 3. The van der Waals surface area contributed by atoms with E-state index in [9.17, 15) is 14.7 Å². The van der Waals surface area contributed by atoms with Crippen LogP contribution in [0.3, 0.4) is 0 Å². The average molecular weight is 362 g/mol. The maximum atomic E-state index is 12.0. The van der Waals surface area contributed by atoms with E-state index in [2.05, 4.69) is 0 Å². The molecule has 142 valence electrons. The van der Waals surface area contributed by atoms with Gasteiger partial charge in [-0.05, 0) is 44.8 Å². The standard InChI is InChI=1S/C20H26O6/c1-13-6-5-9-20(3,12-21)16(13)8-7-15(19(23)24-4)11-25-17-10-14(2)18(22)26-17/h7-8,10-11,17,21H,5-6,9,12H2,1-4H3/b8-7+,15-11+. The van der Waals surface area contributed by atoms with Gasteiger partial charge in [0.25, 0.3) is 6.29 Å². The average Bonchev–Trinajstić information content (AvgIpc) is 2.94. The summed E-state index contributed by atoms with van der Waals surface area (Å²) in [5.41, 5.74) is 2.52. The molecule has 2 rings (SSSR count). The first-order valence-electron chi connectivity index (χ1n) is 8.63. The SMILES string of the molecule is COC(=O)C(/C=C/C1=C(C)CCCC1(C)CO)=C/OC1C=C(C)C(=O)O1. The number of hydrogen-bond acceptors (Lipinski definition) is 6. The van der Waals surface area contributed by atoms with Crippen LogP contribution in [0.1, 0.15) is 40.0 Å². The largest absolute Gasteiger partial charge is 0.465 e. The zero-order chi connectivity index (χ0) is 19.3. The first-order chi connectivity index (χ1) is 12.3. The lowest BCUT2D eigenvalue weighted by atomic mass is 9.71. The Hall–Kier alpha value is -2.34. The fraction of sp³-hybridized carbons (Fsp3) is 0.500. The van der Waals surface area contributed by atoms with Crippen molar-refractivity contribution in [3.63, 3.8) is 0 Å². The summed E-state index contributed by atoms with van der Waals surface area (Å²) in [4.78, 5) is 23.4. The second-order valence-corrected chi connectivity index (χ2v) is 6.92. The molecule has 2 atom stereocenters. The Morgan fingerprint density at radius 3 is 2.77 bits per heavy atom. The van der Waals surface area contributed by atoms with Crippen molar-refractivity contribution < 1.29 is 28.9 Å². The molecule has 0 radical (unpaired) electrons. The molecule has 0 spiro atoms. The Morgan fingerprint density at radius 2 is 2.19 bits per heavy atom. The molecular formula is C20H26O6. The van der Waals surface area contributed by atoms with Crippen molar-refractivity contribution in [2.75, 3.05) is 13.7 Å². The van der Waals surface area contributed by atoms with Gasteiger partial charge in [0.2, 0.25) is 0 Å². The zero-order valence-electron chi connectivity index (χ0n) is 15.7. The number of rotatable bonds is 6. The summed E-state index contributed by atoms with van der Waals surface area (Å²) in [6.07, 6.45) is 8.23. The summed E-state index contributed by atoms with van der Waals surface area (Å²) in [6, 6.07) is 0. The second-order valence-electron chi connectivity index (χ2n) is 6.92. The molecule has 0 saturated carbocycles. The molecular weight excluding hydrogens is 336 g/mol. The predicted molar refractivity (Wildman–Crippen MR) is 95.7 cm³/mol. The number of cyclic esters (lactones) is 1. The number of allylic oxidation sites excluding steroid dienone is 2. The number of carbonyl (C=O) groups is 2. The zero-order valence-corrected chi connectivity index (χ0v) is 15.7. The minimum absolute atomic E-state index is 0.0415. The lowest BCUT2D eigenvalue weighted by molar-refractivity contribution is -0.152. The molecule has 26 heavy (non-hydrogen) atoms. The van der Waals surface area contributed by atoms with E-state index in [1.54, 1.807) is 13.0 Å². The third kappa shape index (κ3) is 4.43. The number of methoxy groups -OCH3 is 1. The molecule has 0 aromatic rings. The van der Waals surface area contributed by atoms with Gasteiger partial charge in [-0.25, -0.2) is 9.59 Å². The van der Waals surface area contributed by atoms with E-state index in [4.69, 9.17) is 14.2 Å². The van der Waals surface area contributed by atoms with Gasteiger partial charge in [0.05, 0.1) is 19.3 Å². The van der Waals surface area contributed by atoms with Gasteiger partial charge in [-0.3, -0.25) is 0 Å². The minimum atomic E-state index is -0.853. The molecule has 1 heterocycles. The molecule has 0 aromatic heterocycles. The maximum Gasteiger partial charge on any atom is 0.340 e. The van der Waals surface area contributed by atoms with Crippen molar-refractivity contribution >= 4 is 11.9 Å². The van der Waals surface area contributed by atoms with E-state index in [1.165, 1.54) is 25.0 Å². The van der Waals surface area contributed by atoms with Crippen molar-refractivity contribution in [2.24, 2.45) is 5.41 Å². The van der Waals surface area contributed by atoms with Crippen molar-refractivity contribution in [2.45, 2.75) is 46.3 Å². The molecule has 6 heteroatoms. The van der Waals surface area contributed by atoms with Crippen LogP contribution in [0.15, 0.2) is 46.8 Å². The Bertz CT molecular complexity index is 697. The smallest absolute Gasteiger partial charge is 0.340 e. The molecule has 6 nitrogen and oxygen atoms in total. The molecule has 2 unspecified atom stereocenters. The van der Waals surface area contributed by atoms with E-state index >= 15 is 0 Å². The molecule has 0 amide bonds. The van der Waals surface area contributed by atoms with Gasteiger partial charge in [-0.1, -0.05) is 18.6 Å². The highest BCUT2D eigenvalue weighted by atomic mass is 16.7. The van der Waals surface area contributed by atoms with Crippen LogP contribution in [0.4, 0.5) is 0 Å². The van der Waals surface area contributed by atoms with E-state index in [-0.39, 0.29) is 17.6 Å². The normalized spacial score (nSPS) is 26.8. The molecule has 1 aliphatic heterocycles.